The van der Waals surface area contributed by atoms with E-state index in [0.717, 1.165) is 34.7 Å². The van der Waals surface area contributed by atoms with Gasteiger partial charge < -0.3 is 20.9 Å². The average molecular weight is 602 g/mol. The smallest absolute Gasteiger partial charge is 0.306 e. The fourth-order valence-electron chi connectivity index (χ4n) is 5.17. The molecule has 0 radical (unpaired) electrons. The first-order chi connectivity index (χ1) is 19.8. The Morgan fingerprint density at radius 3 is 2.60 bits per heavy atom. The number of aliphatic hydroxyl groups excluding tert-OH is 1. The molecule has 1 aromatic rings. The number of rotatable bonds is 8. The van der Waals surface area contributed by atoms with Crippen molar-refractivity contribution in [1.29, 1.82) is 0 Å². The summed E-state index contributed by atoms with van der Waals surface area (Å²) in [5, 5.41) is 17.2. The highest BCUT2D eigenvalue weighted by molar-refractivity contribution is 7.09. The van der Waals surface area contributed by atoms with Crippen molar-refractivity contribution in [2.45, 2.75) is 112 Å². The molecular formula is C33H51N3O5S. The lowest BCUT2D eigenvalue weighted by atomic mass is 9.73. The molecule has 42 heavy (non-hydrogen) atoms. The van der Waals surface area contributed by atoms with Crippen LogP contribution in [0.15, 0.2) is 34.8 Å². The van der Waals surface area contributed by atoms with E-state index in [1.165, 1.54) is 0 Å². The molecule has 2 rings (SSSR count). The second-order valence-corrected chi connectivity index (χ2v) is 13.3. The predicted molar refractivity (Wildman–Crippen MR) is 170 cm³/mol. The Hall–Kier alpha value is -2.62. The van der Waals surface area contributed by atoms with Crippen molar-refractivity contribution < 1.29 is 24.2 Å². The molecule has 5 atom stereocenters. The first-order valence-corrected chi connectivity index (χ1v) is 16.0. The second kappa shape index (κ2) is 16.9. The van der Waals surface area contributed by atoms with Crippen molar-refractivity contribution in [3.05, 3.63) is 45.5 Å². The summed E-state index contributed by atoms with van der Waals surface area (Å²) in [6.45, 7) is 13.5. The van der Waals surface area contributed by atoms with Gasteiger partial charge >= 0.3 is 5.97 Å². The van der Waals surface area contributed by atoms with Crippen molar-refractivity contribution in [3.63, 3.8) is 0 Å². The number of hydrogen-bond acceptors (Lipinski definition) is 8. The number of nitrogens with zero attached hydrogens (tertiary/aromatic N) is 1. The molecule has 1 aliphatic heterocycles. The van der Waals surface area contributed by atoms with Gasteiger partial charge in [-0.05, 0) is 64.6 Å². The van der Waals surface area contributed by atoms with Crippen LogP contribution >= 0.6 is 11.3 Å². The van der Waals surface area contributed by atoms with Crippen molar-refractivity contribution in [3.8, 4) is 0 Å². The fraction of sp³-hybridized carbons (Fsp3) is 0.636. The number of carbonyl (C=O) groups excluding carboxylic acids is 3. The van der Waals surface area contributed by atoms with E-state index < -0.39 is 23.5 Å². The maximum atomic E-state index is 13.8. The second-order valence-electron chi connectivity index (χ2n) is 12.2. The van der Waals surface area contributed by atoms with Gasteiger partial charge in [0.25, 0.3) is 0 Å². The summed E-state index contributed by atoms with van der Waals surface area (Å²) in [4.78, 5) is 44.3. The van der Waals surface area contributed by atoms with E-state index >= 15 is 0 Å². The van der Waals surface area contributed by atoms with E-state index in [2.05, 4.69) is 16.4 Å². The highest BCUT2D eigenvalue weighted by Crippen LogP contribution is 2.33. The monoisotopic (exact) mass is 601 g/mol. The van der Waals surface area contributed by atoms with Crippen LogP contribution in [-0.2, 0) is 19.1 Å². The Morgan fingerprint density at radius 2 is 1.95 bits per heavy atom. The zero-order valence-corrected chi connectivity index (χ0v) is 27.3. The van der Waals surface area contributed by atoms with E-state index in [1.54, 1.807) is 32.1 Å². The van der Waals surface area contributed by atoms with Gasteiger partial charge in [-0.1, -0.05) is 57.9 Å². The standard InChI is InChI=1S/C33H51N3O5S/c1-21-12-11-13-22(2)31(41-30(39)14-9-8-10-17-34)24(4)32(40)33(6,7)28(37)19-29(38)36-27(16-15-21)23(3)18-26-20-42-25(5)35-26/h11,13,15,18,20,22,24,27-28,31,37H,8-10,12,14,16-17,19,34H2,1-7H3,(H,36,38)/t22-,24+,27-,28-,31-/m0/s1. The number of ether oxygens (including phenoxy) is 1. The van der Waals surface area contributed by atoms with Crippen molar-refractivity contribution in [1.82, 2.24) is 10.3 Å². The Kier molecular flexibility index (Phi) is 14.3. The summed E-state index contributed by atoms with van der Waals surface area (Å²) in [5.74, 6) is -1.85. The Balaban J connectivity index is 2.36. The molecule has 234 valence electrons. The third kappa shape index (κ3) is 10.9. The maximum Gasteiger partial charge on any atom is 0.306 e. The zero-order chi connectivity index (χ0) is 31.4. The number of unbranched alkanes of at least 4 members (excludes halogenated alkanes) is 2. The van der Waals surface area contributed by atoms with Crippen molar-refractivity contribution >= 4 is 35.1 Å². The first-order valence-electron chi connectivity index (χ1n) is 15.1. The molecule has 0 bridgehead atoms. The van der Waals surface area contributed by atoms with Crippen LogP contribution < -0.4 is 11.1 Å². The molecule has 0 aromatic carbocycles. The molecule has 1 aliphatic rings. The van der Waals surface area contributed by atoms with Gasteiger partial charge in [0.05, 0.1) is 40.6 Å². The molecule has 0 saturated heterocycles. The number of aromatic nitrogens is 1. The van der Waals surface area contributed by atoms with Crippen LogP contribution in [0.1, 0.15) is 97.2 Å². The third-order valence-corrected chi connectivity index (χ3v) is 8.89. The molecule has 2 heterocycles. The molecule has 4 N–H and O–H groups in total. The van der Waals surface area contributed by atoms with Crippen LogP contribution in [0.4, 0.5) is 0 Å². The SMILES string of the molecule is CC1=CC[C@@H](C(C)=Cc2csc(C)n2)NC(=O)C[C@H](O)C(C)(C)C(=O)[C@H](C)[C@@H](OC(=O)CCCCCN)[C@@H](C)C=CC1. The first kappa shape index (κ1) is 35.6. The van der Waals surface area contributed by atoms with Crippen LogP contribution in [0.2, 0.25) is 0 Å². The van der Waals surface area contributed by atoms with Crippen LogP contribution in [0.3, 0.4) is 0 Å². The minimum atomic E-state index is -1.24. The van der Waals surface area contributed by atoms with Gasteiger partial charge in [-0.25, -0.2) is 4.98 Å². The van der Waals surface area contributed by atoms with E-state index in [4.69, 9.17) is 10.5 Å². The number of amides is 1. The lowest BCUT2D eigenvalue weighted by Gasteiger charge is -2.35. The average Bonchev–Trinajstić information content (AvgIpc) is 3.34. The number of aliphatic hydroxyl groups is 1. The summed E-state index contributed by atoms with van der Waals surface area (Å²) in [5.41, 5.74) is 7.25. The summed E-state index contributed by atoms with van der Waals surface area (Å²) in [6, 6.07) is -0.288. The topological polar surface area (TPSA) is 132 Å². The molecule has 8 nitrogen and oxygen atoms in total. The zero-order valence-electron chi connectivity index (χ0n) is 26.4. The van der Waals surface area contributed by atoms with Gasteiger partial charge in [0.15, 0.2) is 0 Å². The number of nitrogens with one attached hydrogen (secondary N) is 1. The van der Waals surface area contributed by atoms with Crippen LogP contribution in [0.25, 0.3) is 6.08 Å². The molecule has 0 unspecified atom stereocenters. The molecule has 0 spiro atoms. The van der Waals surface area contributed by atoms with Crippen molar-refractivity contribution in [2.24, 2.45) is 23.0 Å². The number of ketones is 1. The minimum Gasteiger partial charge on any atom is -0.461 e. The third-order valence-electron chi connectivity index (χ3n) is 8.10. The molecule has 1 amide bonds. The van der Waals surface area contributed by atoms with E-state index in [9.17, 15) is 19.5 Å². The highest BCUT2D eigenvalue weighted by atomic mass is 32.1. The molecule has 0 fully saturated rings. The molecule has 9 heteroatoms. The lowest BCUT2D eigenvalue weighted by Crippen LogP contribution is -2.48. The van der Waals surface area contributed by atoms with Gasteiger partial charge in [0.2, 0.25) is 5.91 Å². The van der Waals surface area contributed by atoms with E-state index in [0.29, 0.717) is 25.8 Å². The van der Waals surface area contributed by atoms with Gasteiger partial charge in [-0.15, -0.1) is 11.3 Å². The number of Topliss-reactive ketones (excluding diaryl/α,β-unsaturated/α-hetero) is 1. The Bertz CT molecular complexity index is 1150. The largest absolute Gasteiger partial charge is 0.461 e. The number of hydrogen-bond donors (Lipinski definition) is 3. The number of nitrogens with two attached hydrogens (primary N) is 1. The summed E-state index contributed by atoms with van der Waals surface area (Å²) < 4.78 is 5.91. The van der Waals surface area contributed by atoms with Gasteiger partial charge in [0, 0.05) is 17.7 Å². The summed E-state index contributed by atoms with van der Waals surface area (Å²) in [6.07, 6.45) is 9.87. The summed E-state index contributed by atoms with van der Waals surface area (Å²) in [7, 11) is 0. The number of aryl methyl sites for hydroxylation is 1. The normalized spacial score (nSPS) is 26.5. The molecular weight excluding hydrogens is 550 g/mol. The van der Waals surface area contributed by atoms with Gasteiger partial charge in [-0.3, -0.25) is 14.4 Å². The lowest BCUT2D eigenvalue weighted by molar-refractivity contribution is -0.158. The minimum absolute atomic E-state index is 0.227. The van der Waals surface area contributed by atoms with E-state index in [1.807, 2.05) is 51.3 Å². The number of carbonyl (C=O) groups is 3. The quantitative estimate of drug-likeness (QED) is 0.198. The van der Waals surface area contributed by atoms with Crippen LogP contribution in [-0.4, -0.2) is 52.5 Å². The predicted octanol–water partition coefficient (Wildman–Crippen LogP) is 5.69. The Morgan fingerprint density at radius 1 is 1.24 bits per heavy atom. The van der Waals surface area contributed by atoms with Crippen LogP contribution in [0, 0.1) is 24.2 Å². The van der Waals surface area contributed by atoms with Crippen molar-refractivity contribution in [2.75, 3.05) is 6.54 Å². The van der Waals surface area contributed by atoms with Crippen LogP contribution in [0.5, 0.6) is 0 Å². The highest BCUT2D eigenvalue weighted by Gasteiger charge is 2.43. The molecule has 1 aromatic heterocycles. The molecule has 0 saturated carbocycles. The maximum absolute atomic E-state index is 13.8. The van der Waals surface area contributed by atoms with Gasteiger partial charge in [-0.2, -0.15) is 0 Å². The number of esters is 1. The fourth-order valence-corrected chi connectivity index (χ4v) is 5.74. The number of allylic oxidation sites excluding steroid dienone is 2. The van der Waals surface area contributed by atoms with Gasteiger partial charge in [0.1, 0.15) is 11.9 Å². The molecule has 0 aliphatic carbocycles. The van der Waals surface area contributed by atoms with E-state index in [-0.39, 0.29) is 42.5 Å². The Labute approximate surface area is 255 Å². The number of thiazole rings is 1. The summed E-state index contributed by atoms with van der Waals surface area (Å²) >= 11 is 1.57.